The summed E-state index contributed by atoms with van der Waals surface area (Å²) < 4.78 is 11.7. The van der Waals surface area contributed by atoms with Gasteiger partial charge in [0, 0.05) is 44.0 Å². The number of nitrogens with one attached hydrogen (secondary N) is 1. The molecule has 2 fully saturated rings. The van der Waals surface area contributed by atoms with Crippen molar-refractivity contribution in [2.24, 2.45) is 5.92 Å². The topological polar surface area (TPSA) is 106 Å². The van der Waals surface area contributed by atoms with Gasteiger partial charge in [-0.15, -0.1) is 0 Å². The first kappa shape index (κ1) is 20.7. The molecule has 0 bridgehead atoms. The minimum absolute atomic E-state index is 0.00658. The van der Waals surface area contributed by atoms with Crippen LogP contribution in [-0.2, 0) is 11.2 Å². The molecule has 0 aliphatic carbocycles. The first-order valence-corrected chi connectivity index (χ1v) is 10.6. The van der Waals surface area contributed by atoms with Gasteiger partial charge in [0.2, 0.25) is 11.7 Å². The maximum absolute atomic E-state index is 12.4. The van der Waals surface area contributed by atoms with Crippen LogP contribution < -0.4 is 5.32 Å². The SMILES string of the molecule is CC(C)(C)NC(=O)N1CCC2(CC1)CC(Cc1nc(-c3cnccn3)no1)CCO2. The number of hydrogen-bond acceptors (Lipinski definition) is 7. The molecule has 2 amide bonds. The van der Waals surface area contributed by atoms with E-state index in [1.54, 1.807) is 18.6 Å². The molecule has 0 aromatic carbocycles. The van der Waals surface area contributed by atoms with E-state index in [1.165, 1.54) is 0 Å². The fourth-order valence-electron chi connectivity index (χ4n) is 4.27. The number of likely N-dealkylation sites (tertiary alicyclic amines) is 1. The van der Waals surface area contributed by atoms with Gasteiger partial charge in [-0.3, -0.25) is 4.98 Å². The number of ether oxygens (including phenoxy) is 1. The Bertz CT molecular complexity index is 855. The quantitative estimate of drug-likeness (QED) is 0.823. The van der Waals surface area contributed by atoms with Gasteiger partial charge in [0.15, 0.2) is 0 Å². The third kappa shape index (κ3) is 4.95. The van der Waals surface area contributed by atoms with Crippen LogP contribution in [0.15, 0.2) is 23.1 Å². The van der Waals surface area contributed by atoms with Crippen molar-refractivity contribution < 1.29 is 14.1 Å². The molecular formula is C21H30N6O3. The van der Waals surface area contributed by atoms with E-state index in [0.717, 1.165) is 38.7 Å². The predicted molar refractivity (Wildman–Crippen MR) is 110 cm³/mol. The van der Waals surface area contributed by atoms with Gasteiger partial charge in [0.05, 0.1) is 11.8 Å². The van der Waals surface area contributed by atoms with E-state index in [0.29, 0.717) is 36.4 Å². The number of piperidine rings is 1. The van der Waals surface area contributed by atoms with Crippen LogP contribution in [0, 0.1) is 5.92 Å². The van der Waals surface area contributed by atoms with Gasteiger partial charge in [0.25, 0.3) is 0 Å². The van der Waals surface area contributed by atoms with Crippen molar-refractivity contribution >= 4 is 6.03 Å². The third-order valence-corrected chi connectivity index (χ3v) is 5.76. The molecule has 30 heavy (non-hydrogen) atoms. The van der Waals surface area contributed by atoms with Crippen LogP contribution in [0.25, 0.3) is 11.5 Å². The second kappa shape index (κ2) is 8.29. The molecule has 1 unspecified atom stereocenters. The molecule has 0 radical (unpaired) electrons. The summed E-state index contributed by atoms with van der Waals surface area (Å²) in [6, 6.07) is 0.00658. The summed E-state index contributed by atoms with van der Waals surface area (Å²) in [6.45, 7) is 8.15. The highest BCUT2D eigenvalue weighted by Crippen LogP contribution is 2.38. The summed E-state index contributed by atoms with van der Waals surface area (Å²) in [7, 11) is 0. The fourth-order valence-corrected chi connectivity index (χ4v) is 4.27. The monoisotopic (exact) mass is 414 g/mol. The lowest BCUT2D eigenvalue weighted by Gasteiger charge is -2.46. The number of carbonyl (C=O) groups excluding carboxylic acids is 1. The highest BCUT2D eigenvalue weighted by Gasteiger charge is 2.41. The third-order valence-electron chi connectivity index (χ3n) is 5.76. The standard InChI is InChI=1S/C21H30N6O3/c1-20(2,3)25-19(28)27-9-5-21(6-10-27)13-15(4-11-29-21)12-17-24-18(26-30-17)16-14-22-7-8-23-16/h7-8,14-15H,4-6,9-13H2,1-3H3,(H,25,28). The Morgan fingerprint density at radius 3 is 2.80 bits per heavy atom. The zero-order valence-electron chi connectivity index (χ0n) is 17.9. The first-order valence-electron chi connectivity index (χ1n) is 10.6. The predicted octanol–water partition coefficient (Wildman–Crippen LogP) is 2.84. The van der Waals surface area contributed by atoms with Gasteiger partial charge in [-0.2, -0.15) is 4.98 Å². The number of carbonyl (C=O) groups is 1. The van der Waals surface area contributed by atoms with Gasteiger partial charge in [0.1, 0.15) is 5.69 Å². The van der Waals surface area contributed by atoms with Crippen molar-refractivity contribution in [2.45, 2.75) is 64.0 Å². The van der Waals surface area contributed by atoms with Gasteiger partial charge < -0.3 is 19.5 Å². The smallest absolute Gasteiger partial charge is 0.317 e. The largest absolute Gasteiger partial charge is 0.375 e. The molecule has 4 rings (SSSR count). The van der Waals surface area contributed by atoms with Crippen LogP contribution in [0.1, 0.15) is 52.3 Å². The fraction of sp³-hybridized carbons (Fsp3) is 0.667. The molecule has 2 aliphatic rings. The van der Waals surface area contributed by atoms with Gasteiger partial charge in [-0.1, -0.05) is 5.16 Å². The molecule has 1 N–H and O–H groups in total. The van der Waals surface area contributed by atoms with E-state index in [2.05, 4.69) is 25.4 Å². The van der Waals surface area contributed by atoms with Gasteiger partial charge in [-0.25, -0.2) is 9.78 Å². The van der Waals surface area contributed by atoms with E-state index in [9.17, 15) is 4.79 Å². The van der Waals surface area contributed by atoms with E-state index in [1.807, 2.05) is 25.7 Å². The lowest BCUT2D eigenvalue weighted by molar-refractivity contribution is -0.123. The summed E-state index contributed by atoms with van der Waals surface area (Å²) >= 11 is 0. The van der Waals surface area contributed by atoms with Crippen LogP contribution in [0.3, 0.4) is 0 Å². The second-order valence-electron chi connectivity index (χ2n) is 9.36. The molecule has 2 saturated heterocycles. The summed E-state index contributed by atoms with van der Waals surface area (Å²) in [4.78, 5) is 27.1. The number of hydrogen-bond donors (Lipinski definition) is 1. The van der Waals surface area contributed by atoms with Crippen molar-refractivity contribution in [1.29, 1.82) is 0 Å². The summed E-state index contributed by atoms with van der Waals surface area (Å²) in [6.07, 6.45) is 9.22. The number of amides is 2. The Morgan fingerprint density at radius 2 is 2.10 bits per heavy atom. The van der Waals surface area contributed by atoms with Gasteiger partial charge in [-0.05, 0) is 52.4 Å². The normalized spacial score (nSPS) is 21.6. The van der Waals surface area contributed by atoms with E-state index in [-0.39, 0.29) is 17.2 Å². The van der Waals surface area contributed by atoms with E-state index < -0.39 is 0 Å². The number of nitrogens with zero attached hydrogens (tertiary/aromatic N) is 5. The summed E-state index contributed by atoms with van der Waals surface area (Å²) in [5.41, 5.74) is 0.221. The molecule has 0 saturated carbocycles. The van der Waals surface area contributed by atoms with Crippen molar-refractivity contribution in [3.05, 3.63) is 24.5 Å². The summed E-state index contributed by atoms with van der Waals surface area (Å²) in [5.74, 6) is 1.52. The Kier molecular flexibility index (Phi) is 5.73. The van der Waals surface area contributed by atoms with Gasteiger partial charge >= 0.3 is 6.03 Å². The molecule has 1 atom stereocenters. The maximum Gasteiger partial charge on any atom is 0.317 e. The van der Waals surface area contributed by atoms with Crippen LogP contribution in [0.2, 0.25) is 0 Å². The Morgan fingerprint density at radius 1 is 1.30 bits per heavy atom. The molecule has 9 nitrogen and oxygen atoms in total. The lowest BCUT2D eigenvalue weighted by Crippen LogP contribution is -2.55. The minimum Gasteiger partial charge on any atom is -0.375 e. The molecule has 9 heteroatoms. The number of rotatable bonds is 3. The van der Waals surface area contributed by atoms with E-state index >= 15 is 0 Å². The van der Waals surface area contributed by atoms with Crippen LogP contribution in [0.5, 0.6) is 0 Å². The van der Waals surface area contributed by atoms with Crippen molar-refractivity contribution in [3.8, 4) is 11.5 Å². The van der Waals surface area contributed by atoms with Crippen LogP contribution in [0.4, 0.5) is 4.79 Å². The zero-order chi connectivity index (χ0) is 21.2. The number of aromatic nitrogens is 4. The molecule has 2 aromatic rings. The average molecular weight is 415 g/mol. The molecule has 2 aromatic heterocycles. The maximum atomic E-state index is 12.4. The lowest BCUT2D eigenvalue weighted by atomic mass is 9.78. The summed E-state index contributed by atoms with van der Waals surface area (Å²) in [5, 5.41) is 7.09. The Balaban J connectivity index is 1.33. The first-order chi connectivity index (χ1) is 14.3. The van der Waals surface area contributed by atoms with Crippen LogP contribution in [-0.4, -0.2) is 61.9 Å². The molecular weight excluding hydrogens is 384 g/mol. The Hall–Kier alpha value is -2.55. The highest BCUT2D eigenvalue weighted by molar-refractivity contribution is 5.75. The van der Waals surface area contributed by atoms with Crippen molar-refractivity contribution in [1.82, 2.24) is 30.3 Å². The van der Waals surface area contributed by atoms with Crippen molar-refractivity contribution in [2.75, 3.05) is 19.7 Å². The zero-order valence-corrected chi connectivity index (χ0v) is 17.9. The highest BCUT2D eigenvalue weighted by atomic mass is 16.5. The molecule has 4 heterocycles. The minimum atomic E-state index is -0.229. The van der Waals surface area contributed by atoms with E-state index in [4.69, 9.17) is 9.26 Å². The number of urea groups is 1. The van der Waals surface area contributed by atoms with Crippen LogP contribution >= 0.6 is 0 Å². The average Bonchev–Trinajstić information content (AvgIpc) is 3.16. The molecule has 162 valence electrons. The molecule has 2 aliphatic heterocycles. The second-order valence-corrected chi connectivity index (χ2v) is 9.36. The van der Waals surface area contributed by atoms with Crippen molar-refractivity contribution in [3.63, 3.8) is 0 Å². The molecule has 1 spiro atoms. The Labute approximate surface area is 176 Å².